The number of esters is 1. The number of nitrogens with zero attached hydrogens (tertiary/aromatic N) is 2. The Hall–Kier alpha value is -1.26. The number of carbonyl (C=O) groups excluding carboxylic acids is 1. The van der Waals surface area contributed by atoms with Crippen LogP contribution in [-0.2, 0) is 9.53 Å². The van der Waals surface area contributed by atoms with Crippen LogP contribution in [0, 0.1) is 5.92 Å². The zero-order valence-corrected chi connectivity index (χ0v) is 12.4. The Morgan fingerprint density at radius 3 is 2.89 bits per heavy atom. The van der Waals surface area contributed by atoms with Crippen LogP contribution in [0.15, 0.2) is 4.99 Å². The van der Waals surface area contributed by atoms with E-state index in [1.54, 1.807) is 0 Å². The van der Waals surface area contributed by atoms with E-state index >= 15 is 0 Å². The number of rotatable bonds is 5. The molecule has 0 bridgehead atoms. The van der Waals surface area contributed by atoms with E-state index in [0.717, 1.165) is 13.1 Å². The van der Waals surface area contributed by atoms with Gasteiger partial charge in [-0.2, -0.15) is 0 Å². The molecule has 0 aromatic rings. The summed E-state index contributed by atoms with van der Waals surface area (Å²) in [4.78, 5) is 17.8. The van der Waals surface area contributed by atoms with E-state index < -0.39 is 0 Å². The van der Waals surface area contributed by atoms with Crippen LogP contribution in [0.1, 0.15) is 46.5 Å². The molecule has 19 heavy (non-hydrogen) atoms. The van der Waals surface area contributed by atoms with Gasteiger partial charge in [0, 0.05) is 26.1 Å². The second-order valence-corrected chi connectivity index (χ2v) is 5.58. The van der Waals surface area contributed by atoms with E-state index in [4.69, 9.17) is 10.5 Å². The van der Waals surface area contributed by atoms with Crippen LogP contribution >= 0.6 is 0 Å². The van der Waals surface area contributed by atoms with Gasteiger partial charge in [0.25, 0.3) is 0 Å². The van der Waals surface area contributed by atoms with Gasteiger partial charge in [-0.05, 0) is 39.0 Å². The van der Waals surface area contributed by atoms with Crippen molar-refractivity contribution >= 4 is 11.9 Å². The molecule has 1 aliphatic heterocycles. The first-order valence-corrected chi connectivity index (χ1v) is 7.23. The number of ether oxygens (including phenoxy) is 1. The molecular formula is C14H27N3O2. The standard InChI is InChI=1S/C14H27N3O2/c1-11(2)19-13(18)7-4-8-16-14(15)17-9-5-6-12(3)10-17/h11-12H,4-10H2,1-3H3,(H2,15,16). The molecular weight excluding hydrogens is 242 g/mol. The van der Waals surface area contributed by atoms with Gasteiger partial charge in [0.2, 0.25) is 0 Å². The van der Waals surface area contributed by atoms with Crippen molar-refractivity contribution in [2.45, 2.75) is 52.6 Å². The fourth-order valence-electron chi connectivity index (χ4n) is 2.24. The van der Waals surface area contributed by atoms with E-state index in [0.29, 0.717) is 31.3 Å². The Labute approximate surface area is 116 Å². The van der Waals surface area contributed by atoms with Crippen LogP contribution in [0.4, 0.5) is 0 Å². The van der Waals surface area contributed by atoms with Gasteiger partial charge in [-0.3, -0.25) is 9.79 Å². The lowest BCUT2D eigenvalue weighted by molar-refractivity contribution is -0.147. The highest BCUT2D eigenvalue weighted by Gasteiger charge is 2.17. The van der Waals surface area contributed by atoms with Crippen LogP contribution < -0.4 is 5.73 Å². The molecule has 2 N–H and O–H groups in total. The molecule has 1 rings (SSSR count). The molecule has 0 saturated carbocycles. The first-order valence-electron chi connectivity index (χ1n) is 7.23. The van der Waals surface area contributed by atoms with Crippen molar-refractivity contribution in [1.29, 1.82) is 0 Å². The maximum absolute atomic E-state index is 11.3. The summed E-state index contributed by atoms with van der Waals surface area (Å²) in [7, 11) is 0. The van der Waals surface area contributed by atoms with Gasteiger partial charge in [-0.25, -0.2) is 0 Å². The van der Waals surface area contributed by atoms with Crippen molar-refractivity contribution in [3.05, 3.63) is 0 Å². The van der Waals surface area contributed by atoms with E-state index in [-0.39, 0.29) is 12.1 Å². The number of nitrogens with two attached hydrogens (primary N) is 1. The lowest BCUT2D eigenvalue weighted by atomic mass is 10.0. The summed E-state index contributed by atoms with van der Waals surface area (Å²) in [6, 6.07) is 0. The molecule has 1 fully saturated rings. The van der Waals surface area contributed by atoms with Gasteiger partial charge >= 0.3 is 5.97 Å². The molecule has 0 aromatic carbocycles. The molecule has 1 unspecified atom stereocenters. The monoisotopic (exact) mass is 269 g/mol. The second kappa shape index (κ2) is 8.02. The predicted molar refractivity (Wildman–Crippen MR) is 76.9 cm³/mol. The molecule has 0 radical (unpaired) electrons. The lowest BCUT2D eigenvalue weighted by Gasteiger charge is -2.31. The molecule has 0 spiro atoms. The van der Waals surface area contributed by atoms with Crippen molar-refractivity contribution < 1.29 is 9.53 Å². The van der Waals surface area contributed by atoms with Crippen LogP contribution in [-0.4, -0.2) is 42.6 Å². The topological polar surface area (TPSA) is 67.9 Å². The number of hydrogen-bond donors (Lipinski definition) is 1. The summed E-state index contributed by atoms with van der Waals surface area (Å²) in [6.07, 6.45) is 3.50. The minimum absolute atomic E-state index is 0.0455. The van der Waals surface area contributed by atoms with E-state index in [9.17, 15) is 4.79 Å². The molecule has 5 nitrogen and oxygen atoms in total. The maximum Gasteiger partial charge on any atom is 0.306 e. The van der Waals surface area contributed by atoms with E-state index in [1.807, 2.05) is 13.8 Å². The third kappa shape index (κ3) is 6.45. The highest BCUT2D eigenvalue weighted by molar-refractivity contribution is 5.78. The summed E-state index contributed by atoms with van der Waals surface area (Å²) in [5, 5.41) is 0. The SMILES string of the molecule is CC1CCCN(C(N)=NCCCC(=O)OC(C)C)C1. The largest absolute Gasteiger partial charge is 0.463 e. The van der Waals surface area contributed by atoms with Crippen molar-refractivity contribution in [3.63, 3.8) is 0 Å². The van der Waals surface area contributed by atoms with Crippen molar-refractivity contribution in [2.24, 2.45) is 16.6 Å². The van der Waals surface area contributed by atoms with Gasteiger partial charge in [-0.1, -0.05) is 6.92 Å². The quantitative estimate of drug-likeness (QED) is 0.357. The number of likely N-dealkylation sites (tertiary alicyclic amines) is 1. The Bertz CT molecular complexity index is 316. The fraction of sp³-hybridized carbons (Fsp3) is 0.857. The Morgan fingerprint density at radius 1 is 1.53 bits per heavy atom. The predicted octanol–water partition coefficient (Wildman–Crippen LogP) is 1.76. The normalized spacial score (nSPS) is 20.7. The lowest BCUT2D eigenvalue weighted by Crippen LogP contribution is -2.43. The molecule has 0 aromatic heterocycles. The number of piperidine rings is 1. The van der Waals surface area contributed by atoms with Crippen LogP contribution in [0.2, 0.25) is 0 Å². The molecule has 1 atom stereocenters. The number of aliphatic imine (C=N–C) groups is 1. The van der Waals surface area contributed by atoms with Gasteiger partial charge in [0.05, 0.1) is 6.10 Å². The van der Waals surface area contributed by atoms with Crippen LogP contribution in [0.5, 0.6) is 0 Å². The fourth-order valence-corrected chi connectivity index (χ4v) is 2.24. The summed E-state index contributed by atoms with van der Waals surface area (Å²) >= 11 is 0. The number of carbonyl (C=O) groups is 1. The summed E-state index contributed by atoms with van der Waals surface area (Å²) < 4.78 is 5.06. The molecule has 5 heteroatoms. The zero-order chi connectivity index (χ0) is 14.3. The average molecular weight is 269 g/mol. The van der Waals surface area contributed by atoms with Gasteiger partial charge in [0.1, 0.15) is 0 Å². The summed E-state index contributed by atoms with van der Waals surface area (Å²) in [5.41, 5.74) is 5.97. The molecule has 1 heterocycles. The smallest absolute Gasteiger partial charge is 0.306 e. The molecule has 110 valence electrons. The number of hydrogen-bond acceptors (Lipinski definition) is 3. The maximum atomic E-state index is 11.3. The minimum Gasteiger partial charge on any atom is -0.463 e. The molecule has 0 amide bonds. The van der Waals surface area contributed by atoms with Crippen molar-refractivity contribution in [1.82, 2.24) is 4.90 Å². The third-order valence-electron chi connectivity index (χ3n) is 3.16. The first-order chi connectivity index (χ1) is 8.99. The van der Waals surface area contributed by atoms with E-state index in [2.05, 4.69) is 16.8 Å². The van der Waals surface area contributed by atoms with Crippen LogP contribution in [0.25, 0.3) is 0 Å². The van der Waals surface area contributed by atoms with Gasteiger partial charge < -0.3 is 15.4 Å². The Morgan fingerprint density at radius 2 is 2.26 bits per heavy atom. The van der Waals surface area contributed by atoms with Gasteiger partial charge in [-0.15, -0.1) is 0 Å². The van der Waals surface area contributed by atoms with Crippen molar-refractivity contribution in [3.8, 4) is 0 Å². The number of guanidine groups is 1. The minimum atomic E-state index is -0.157. The molecule has 1 aliphatic rings. The highest BCUT2D eigenvalue weighted by atomic mass is 16.5. The van der Waals surface area contributed by atoms with Crippen molar-refractivity contribution in [2.75, 3.05) is 19.6 Å². The first kappa shape index (κ1) is 15.8. The Kier molecular flexibility index (Phi) is 6.67. The third-order valence-corrected chi connectivity index (χ3v) is 3.16. The van der Waals surface area contributed by atoms with Gasteiger partial charge in [0.15, 0.2) is 5.96 Å². The van der Waals surface area contributed by atoms with Crippen LogP contribution in [0.3, 0.4) is 0 Å². The van der Waals surface area contributed by atoms with E-state index in [1.165, 1.54) is 12.8 Å². The molecule has 1 saturated heterocycles. The average Bonchev–Trinajstić information content (AvgIpc) is 2.33. The second-order valence-electron chi connectivity index (χ2n) is 5.58. The Balaban J connectivity index is 2.22. The summed E-state index contributed by atoms with van der Waals surface area (Å²) in [6.45, 7) is 8.52. The highest BCUT2D eigenvalue weighted by Crippen LogP contribution is 2.14. The molecule has 0 aliphatic carbocycles. The summed E-state index contributed by atoms with van der Waals surface area (Å²) in [5.74, 6) is 1.14. The zero-order valence-electron chi connectivity index (χ0n) is 12.4.